The Morgan fingerprint density at radius 2 is 2.16 bits per heavy atom. The molecule has 0 bridgehead atoms. The Bertz CT molecular complexity index is 465. The minimum atomic E-state index is -1.02. The number of aliphatic imine (C=N–C) groups is 1. The van der Waals surface area contributed by atoms with Crippen molar-refractivity contribution in [2.75, 3.05) is 26.7 Å². The highest BCUT2D eigenvalue weighted by Gasteiger charge is 2.26. The van der Waals surface area contributed by atoms with Gasteiger partial charge in [0.2, 0.25) is 0 Å². The molecular formula is C13H19ClIN3O. The van der Waals surface area contributed by atoms with Gasteiger partial charge in [-0.2, -0.15) is 0 Å². The molecule has 0 aliphatic carbocycles. The highest BCUT2D eigenvalue weighted by Crippen LogP contribution is 2.27. The first-order chi connectivity index (χ1) is 8.50. The fourth-order valence-corrected chi connectivity index (χ4v) is 2.31. The smallest absolute Gasteiger partial charge is 0.193 e. The van der Waals surface area contributed by atoms with Gasteiger partial charge in [0.05, 0.1) is 13.1 Å². The molecule has 19 heavy (non-hydrogen) atoms. The second-order valence-electron chi connectivity index (χ2n) is 4.73. The fourth-order valence-electron chi connectivity index (χ4n) is 1.97. The zero-order valence-corrected chi connectivity index (χ0v) is 14.1. The third kappa shape index (κ3) is 3.97. The van der Waals surface area contributed by atoms with Crippen LogP contribution < -0.4 is 5.32 Å². The molecule has 4 nitrogen and oxygen atoms in total. The van der Waals surface area contributed by atoms with Gasteiger partial charge in [0, 0.05) is 24.2 Å². The normalized spacial score (nSPS) is 17.5. The number of aliphatic hydroxyl groups is 1. The lowest BCUT2D eigenvalue weighted by Crippen LogP contribution is -2.43. The van der Waals surface area contributed by atoms with E-state index in [0.29, 0.717) is 11.6 Å². The lowest BCUT2D eigenvalue weighted by molar-refractivity contribution is 0.0614. The largest absolute Gasteiger partial charge is 0.384 e. The molecule has 0 saturated carbocycles. The molecule has 0 saturated heterocycles. The van der Waals surface area contributed by atoms with Crippen molar-refractivity contribution >= 4 is 41.5 Å². The summed E-state index contributed by atoms with van der Waals surface area (Å²) in [6.45, 7) is 3.83. The lowest BCUT2D eigenvalue weighted by Gasteiger charge is -2.27. The highest BCUT2D eigenvalue weighted by atomic mass is 127. The summed E-state index contributed by atoms with van der Waals surface area (Å²) in [7, 11) is 1.98. The predicted molar refractivity (Wildman–Crippen MR) is 89.4 cm³/mol. The van der Waals surface area contributed by atoms with Crippen LogP contribution in [0.1, 0.15) is 12.5 Å². The standard InChI is InChI=1S/C13H18ClN3O.HI/c1-13(18,10-5-3-4-6-11(10)14)9-16-12-15-7-8-17(12)2;/h3-6,18H,7-9H2,1-2H3,(H,15,16);1H. The summed E-state index contributed by atoms with van der Waals surface area (Å²) in [4.78, 5) is 6.35. The first-order valence-electron chi connectivity index (χ1n) is 5.97. The molecule has 0 fully saturated rings. The summed E-state index contributed by atoms with van der Waals surface area (Å²) in [6, 6.07) is 7.34. The van der Waals surface area contributed by atoms with E-state index in [4.69, 9.17) is 11.6 Å². The Kier molecular flexibility index (Phi) is 5.88. The molecule has 2 rings (SSSR count). The number of rotatable bonds is 3. The second-order valence-corrected chi connectivity index (χ2v) is 5.14. The van der Waals surface area contributed by atoms with Gasteiger partial charge in [0.1, 0.15) is 5.60 Å². The molecule has 1 heterocycles. The minimum absolute atomic E-state index is 0. The summed E-state index contributed by atoms with van der Waals surface area (Å²) in [5.41, 5.74) is -0.301. The van der Waals surface area contributed by atoms with E-state index in [1.54, 1.807) is 13.0 Å². The zero-order valence-electron chi connectivity index (χ0n) is 11.1. The predicted octanol–water partition coefficient (Wildman–Crippen LogP) is 2.06. The van der Waals surface area contributed by atoms with Crippen LogP contribution in [0.5, 0.6) is 0 Å². The van der Waals surface area contributed by atoms with E-state index >= 15 is 0 Å². The summed E-state index contributed by atoms with van der Waals surface area (Å²) < 4.78 is 0. The van der Waals surface area contributed by atoms with Crippen LogP contribution in [0, 0.1) is 0 Å². The average Bonchev–Trinajstić information content (AvgIpc) is 2.73. The molecule has 0 aromatic heterocycles. The van der Waals surface area contributed by atoms with E-state index in [2.05, 4.69) is 10.3 Å². The van der Waals surface area contributed by atoms with Gasteiger partial charge in [-0.25, -0.2) is 0 Å². The summed E-state index contributed by atoms with van der Waals surface area (Å²) >= 11 is 6.10. The van der Waals surface area contributed by atoms with Gasteiger partial charge >= 0.3 is 0 Å². The van der Waals surface area contributed by atoms with Crippen LogP contribution in [0.15, 0.2) is 29.3 Å². The molecule has 1 unspecified atom stereocenters. The quantitative estimate of drug-likeness (QED) is 0.770. The number of guanidine groups is 1. The van der Waals surface area contributed by atoms with E-state index in [9.17, 15) is 5.11 Å². The minimum Gasteiger partial charge on any atom is -0.384 e. The van der Waals surface area contributed by atoms with E-state index < -0.39 is 5.60 Å². The van der Waals surface area contributed by atoms with Crippen molar-refractivity contribution in [1.82, 2.24) is 10.2 Å². The number of halogens is 2. The molecule has 1 aromatic carbocycles. The van der Waals surface area contributed by atoms with E-state index in [1.807, 2.05) is 30.1 Å². The van der Waals surface area contributed by atoms with Gasteiger partial charge in [0.15, 0.2) is 5.96 Å². The maximum Gasteiger partial charge on any atom is 0.193 e. The van der Waals surface area contributed by atoms with Gasteiger partial charge in [-0.15, -0.1) is 24.0 Å². The van der Waals surface area contributed by atoms with Crippen molar-refractivity contribution < 1.29 is 5.11 Å². The highest BCUT2D eigenvalue weighted by molar-refractivity contribution is 14.0. The van der Waals surface area contributed by atoms with Gasteiger partial charge in [-0.3, -0.25) is 4.99 Å². The molecule has 6 heteroatoms. The topological polar surface area (TPSA) is 47.9 Å². The summed E-state index contributed by atoms with van der Waals surface area (Å²) in [5, 5.41) is 14.2. The number of benzene rings is 1. The Morgan fingerprint density at radius 3 is 2.74 bits per heavy atom. The number of likely N-dealkylation sites (N-methyl/N-ethyl adjacent to an activating group) is 1. The molecular weight excluding hydrogens is 377 g/mol. The molecule has 2 N–H and O–H groups in total. The van der Waals surface area contributed by atoms with Crippen LogP contribution in [0.2, 0.25) is 5.02 Å². The molecule has 0 radical (unpaired) electrons. The van der Waals surface area contributed by atoms with Crippen molar-refractivity contribution in [2.45, 2.75) is 12.5 Å². The van der Waals surface area contributed by atoms with Crippen LogP contribution in [-0.4, -0.2) is 42.6 Å². The van der Waals surface area contributed by atoms with Crippen LogP contribution in [-0.2, 0) is 5.60 Å². The van der Waals surface area contributed by atoms with Crippen LogP contribution in [0.3, 0.4) is 0 Å². The Morgan fingerprint density at radius 1 is 1.47 bits per heavy atom. The molecule has 0 amide bonds. The van der Waals surface area contributed by atoms with Crippen LogP contribution in [0.25, 0.3) is 0 Å². The molecule has 1 aliphatic rings. The van der Waals surface area contributed by atoms with Crippen molar-refractivity contribution in [3.05, 3.63) is 34.9 Å². The van der Waals surface area contributed by atoms with E-state index in [1.165, 1.54) is 0 Å². The lowest BCUT2D eigenvalue weighted by atomic mass is 9.96. The molecule has 1 aromatic rings. The number of hydrogen-bond donors (Lipinski definition) is 2. The van der Waals surface area contributed by atoms with E-state index in [-0.39, 0.29) is 24.0 Å². The molecule has 0 spiro atoms. The van der Waals surface area contributed by atoms with Crippen LogP contribution >= 0.6 is 35.6 Å². The van der Waals surface area contributed by atoms with Crippen molar-refractivity contribution in [3.8, 4) is 0 Å². The Labute approximate surface area is 135 Å². The summed E-state index contributed by atoms with van der Waals surface area (Å²) in [5.74, 6) is 0.822. The second kappa shape index (κ2) is 6.76. The van der Waals surface area contributed by atoms with Crippen molar-refractivity contribution in [3.63, 3.8) is 0 Å². The molecule has 1 atom stereocenters. The van der Waals surface area contributed by atoms with Gasteiger partial charge in [0.25, 0.3) is 0 Å². The maximum atomic E-state index is 10.5. The van der Waals surface area contributed by atoms with Crippen molar-refractivity contribution in [2.24, 2.45) is 4.99 Å². The number of nitrogens with one attached hydrogen (secondary N) is 1. The number of nitrogens with zero attached hydrogens (tertiary/aromatic N) is 2. The molecule has 106 valence electrons. The SMILES string of the molecule is CN1CCN=C1NCC(C)(O)c1ccccc1Cl.I. The third-order valence-electron chi connectivity index (χ3n) is 3.10. The van der Waals surface area contributed by atoms with Gasteiger partial charge in [-0.05, 0) is 13.0 Å². The first-order valence-corrected chi connectivity index (χ1v) is 6.35. The fraction of sp³-hybridized carbons (Fsp3) is 0.462. The molecule has 1 aliphatic heterocycles. The maximum absolute atomic E-state index is 10.5. The number of hydrogen-bond acceptors (Lipinski definition) is 4. The first kappa shape index (κ1) is 16.5. The monoisotopic (exact) mass is 395 g/mol. The Hall–Kier alpha value is -0.530. The average molecular weight is 396 g/mol. The summed E-state index contributed by atoms with van der Waals surface area (Å²) in [6.07, 6.45) is 0. The van der Waals surface area contributed by atoms with Crippen molar-refractivity contribution in [1.29, 1.82) is 0 Å². The zero-order chi connectivity index (χ0) is 13.2. The third-order valence-corrected chi connectivity index (χ3v) is 3.43. The Balaban J connectivity index is 0.00000180. The van der Waals surface area contributed by atoms with Gasteiger partial charge < -0.3 is 15.3 Å². The van der Waals surface area contributed by atoms with Gasteiger partial charge in [-0.1, -0.05) is 29.8 Å². The van der Waals surface area contributed by atoms with E-state index in [0.717, 1.165) is 24.6 Å². The van der Waals surface area contributed by atoms with Crippen LogP contribution in [0.4, 0.5) is 0 Å².